The number of hydrogen-bond acceptors (Lipinski definition) is 3. The molecule has 2 rings (SSSR count). The second kappa shape index (κ2) is 4.61. The van der Waals surface area contributed by atoms with Crippen LogP contribution in [-0.4, -0.2) is 4.98 Å². The Labute approximate surface area is 117 Å². The van der Waals surface area contributed by atoms with E-state index < -0.39 is 0 Å². The van der Waals surface area contributed by atoms with E-state index in [4.69, 9.17) is 29.0 Å². The molecular formula is C11H10BrCl2N3. The number of nitrogens with one attached hydrogen (secondary N) is 1. The topological polar surface area (TPSA) is 50.9 Å². The predicted molar refractivity (Wildman–Crippen MR) is 76.7 cm³/mol. The molecular weight excluding hydrogens is 325 g/mol. The third-order valence-electron chi connectivity index (χ3n) is 2.75. The highest BCUT2D eigenvalue weighted by Gasteiger charge is 2.15. The van der Waals surface area contributed by atoms with Crippen LogP contribution in [0.3, 0.4) is 0 Å². The largest absolute Gasteiger partial charge is 0.323 e. The van der Waals surface area contributed by atoms with Crippen molar-refractivity contribution in [3.8, 4) is 0 Å². The zero-order chi connectivity index (χ0) is 12.7. The Hall–Kier alpha value is -0.550. The maximum atomic E-state index is 6.19. The van der Waals surface area contributed by atoms with Gasteiger partial charge in [-0.15, -0.1) is 0 Å². The molecule has 3 nitrogen and oxygen atoms in total. The molecule has 0 saturated heterocycles. The molecule has 0 atom stereocenters. The molecule has 0 aliphatic carbocycles. The van der Waals surface area contributed by atoms with Gasteiger partial charge in [-0.2, -0.15) is 0 Å². The second-order valence-electron chi connectivity index (χ2n) is 3.72. The highest BCUT2D eigenvalue weighted by Crippen LogP contribution is 2.39. The van der Waals surface area contributed by atoms with Crippen LogP contribution in [0.15, 0.2) is 10.5 Å². The van der Waals surface area contributed by atoms with Crippen LogP contribution in [0.5, 0.6) is 0 Å². The molecule has 0 radical (unpaired) electrons. The van der Waals surface area contributed by atoms with Gasteiger partial charge in [-0.25, -0.2) is 0 Å². The monoisotopic (exact) mass is 333 g/mol. The molecule has 0 aliphatic heterocycles. The van der Waals surface area contributed by atoms with E-state index in [0.717, 1.165) is 26.8 Å². The molecule has 0 fully saturated rings. The highest BCUT2D eigenvalue weighted by molar-refractivity contribution is 9.10. The number of nitrogens with two attached hydrogens (primary N) is 1. The van der Waals surface area contributed by atoms with E-state index in [-0.39, 0.29) is 0 Å². The molecule has 90 valence electrons. The summed E-state index contributed by atoms with van der Waals surface area (Å²) in [7, 11) is 0. The molecule has 17 heavy (non-hydrogen) atoms. The molecule has 0 unspecified atom stereocenters. The van der Waals surface area contributed by atoms with E-state index >= 15 is 0 Å². The third-order valence-corrected chi connectivity index (χ3v) is 4.46. The van der Waals surface area contributed by atoms with Gasteiger partial charge in [-0.3, -0.25) is 10.8 Å². The standard InChI is InChI=1S/C11H10BrCl2N3/c1-4-5(2)16-11-6(10(4)17-15)3-7(12)8(13)9(11)14/h3H,15H2,1-2H3,(H,16,17). The lowest BCUT2D eigenvalue weighted by Crippen LogP contribution is -2.10. The average Bonchev–Trinajstić information content (AvgIpc) is 2.30. The van der Waals surface area contributed by atoms with Crippen molar-refractivity contribution < 1.29 is 0 Å². The Morgan fingerprint density at radius 1 is 1.29 bits per heavy atom. The zero-order valence-electron chi connectivity index (χ0n) is 9.24. The molecule has 1 aromatic carbocycles. The minimum atomic E-state index is 0.427. The predicted octanol–water partition coefficient (Wildman–Crippen LogP) is 4.21. The van der Waals surface area contributed by atoms with E-state index in [9.17, 15) is 0 Å². The molecule has 1 heterocycles. The van der Waals surface area contributed by atoms with Gasteiger partial charge < -0.3 is 5.43 Å². The van der Waals surface area contributed by atoms with Crippen molar-refractivity contribution in [2.24, 2.45) is 5.84 Å². The summed E-state index contributed by atoms with van der Waals surface area (Å²) in [5.74, 6) is 5.55. The minimum Gasteiger partial charge on any atom is -0.323 e. The van der Waals surface area contributed by atoms with Crippen LogP contribution < -0.4 is 11.3 Å². The van der Waals surface area contributed by atoms with Gasteiger partial charge in [0.2, 0.25) is 0 Å². The van der Waals surface area contributed by atoms with Crippen molar-refractivity contribution >= 4 is 55.7 Å². The summed E-state index contributed by atoms with van der Waals surface area (Å²) < 4.78 is 0.721. The summed E-state index contributed by atoms with van der Waals surface area (Å²) in [4.78, 5) is 4.45. The summed E-state index contributed by atoms with van der Waals surface area (Å²) in [5.41, 5.74) is 6.01. The van der Waals surface area contributed by atoms with Crippen molar-refractivity contribution in [1.29, 1.82) is 0 Å². The van der Waals surface area contributed by atoms with Gasteiger partial charge >= 0.3 is 0 Å². The average molecular weight is 335 g/mol. The number of pyridine rings is 1. The lowest BCUT2D eigenvalue weighted by Gasteiger charge is -2.13. The fraction of sp³-hybridized carbons (Fsp3) is 0.182. The Bertz CT molecular complexity index is 614. The van der Waals surface area contributed by atoms with Crippen LogP contribution >= 0.6 is 39.1 Å². The van der Waals surface area contributed by atoms with Crippen molar-refractivity contribution in [1.82, 2.24) is 4.98 Å². The number of anilines is 1. The molecule has 0 spiro atoms. The van der Waals surface area contributed by atoms with Gasteiger partial charge in [-0.1, -0.05) is 23.2 Å². The third kappa shape index (κ3) is 1.99. The van der Waals surface area contributed by atoms with Gasteiger partial charge in [0.05, 0.1) is 21.2 Å². The summed E-state index contributed by atoms with van der Waals surface area (Å²) in [6.07, 6.45) is 0. The molecule has 1 aromatic heterocycles. The Kier molecular flexibility index (Phi) is 3.50. The van der Waals surface area contributed by atoms with Crippen LogP contribution in [0, 0.1) is 13.8 Å². The number of rotatable bonds is 1. The van der Waals surface area contributed by atoms with Gasteiger partial charge in [-0.05, 0) is 41.4 Å². The summed E-state index contributed by atoms with van der Waals surface area (Å²) >= 11 is 15.6. The lowest BCUT2D eigenvalue weighted by molar-refractivity contribution is 1.18. The van der Waals surface area contributed by atoms with Crippen molar-refractivity contribution in [2.75, 3.05) is 5.43 Å². The maximum absolute atomic E-state index is 6.19. The number of aromatic nitrogens is 1. The van der Waals surface area contributed by atoms with Gasteiger partial charge in [0.25, 0.3) is 0 Å². The summed E-state index contributed by atoms with van der Waals surface area (Å²) in [6, 6.07) is 1.86. The summed E-state index contributed by atoms with van der Waals surface area (Å²) in [5, 5.41) is 1.73. The first-order valence-electron chi connectivity index (χ1n) is 4.88. The zero-order valence-corrected chi connectivity index (χ0v) is 12.3. The lowest BCUT2D eigenvalue weighted by atomic mass is 10.1. The highest BCUT2D eigenvalue weighted by atomic mass is 79.9. The van der Waals surface area contributed by atoms with Crippen LogP contribution in [0.25, 0.3) is 10.9 Å². The molecule has 0 amide bonds. The maximum Gasteiger partial charge on any atom is 0.0928 e. The number of halogens is 3. The number of nitrogens with zero attached hydrogens (tertiary/aromatic N) is 1. The van der Waals surface area contributed by atoms with Crippen molar-refractivity contribution in [3.63, 3.8) is 0 Å². The molecule has 6 heteroatoms. The first kappa shape index (κ1) is 12.9. The number of aryl methyl sites for hydroxylation is 1. The normalized spacial score (nSPS) is 10.9. The van der Waals surface area contributed by atoms with E-state index in [2.05, 4.69) is 26.3 Å². The Morgan fingerprint density at radius 2 is 1.94 bits per heavy atom. The van der Waals surface area contributed by atoms with Crippen LogP contribution in [0.4, 0.5) is 5.69 Å². The first-order chi connectivity index (χ1) is 7.97. The Morgan fingerprint density at radius 3 is 2.53 bits per heavy atom. The van der Waals surface area contributed by atoms with Crippen LogP contribution in [0.2, 0.25) is 10.0 Å². The van der Waals surface area contributed by atoms with Gasteiger partial charge in [0.1, 0.15) is 0 Å². The fourth-order valence-electron chi connectivity index (χ4n) is 1.71. The number of benzene rings is 1. The van der Waals surface area contributed by atoms with E-state index in [1.807, 2.05) is 19.9 Å². The van der Waals surface area contributed by atoms with Crippen molar-refractivity contribution in [3.05, 3.63) is 31.8 Å². The number of hydrogen-bond donors (Lipinski definition) is 2. The van der Waals surface area contributed by atoms with Crippen molar-refractivity contribution in [2.45, 2.75) is 13.8 Å². The Balaban J connectivity index is 3.01. The first-order valence-corrected chi connectivity index (χ1v) is 6.43. The van der Waals surface area contributed by atoms with E-state index in [1.54, 1.807) is 0 Å². The smallest absolute Gasteiger partial charge is 0.0928 e. The molecule has 2 aromatic rings. The fourth-order valence-corrected chi connectivity index (χ4v) is 2.64. The number of fused-ring (bicyclic) bond motifs is 1. The summed E-state index contributed by atoms with van der Waals surface area (Å²) in [6.45, 7) is 3.86. The van der Waals surface area contributed by atoms with E-state index in [0.29, 0.717) is 15.6 Å². The van der Waals surface area contributed by atoms with E-state index in [1.165, 1.54) is 0 Å². The minimum absolute atomic E-state index is 0.427. The molecule has 0 aliphatic rings. The number of nitrogen functional groups attached to an aromatic ring is 1. The SMILES string of the molecule is Cc1nc2c(Cl)c(Cl)c(Br)cc2c(NN)c1C. The van der Waals surface area contributed by atoms with Gasteiger partial charge in [0, 0.05) is 15.6 Å². The number of hydrazine groups is 1. The van der Waals surface area contributed by atoms with Gasteiger partial charge in [0.15, 0.2) is 0 Å². The van der Waals surface area contributed by atoms with Crippen LogP contribution in [-0.2, 0) is 0 Å². The molecule has 0 bridgehead atoms. The molecule has 3 N–H and O–H groups in total. The van der Waals surface area contributed by atoms with Crippen LogP contribution in [0.1, 0.15) is 11.3 Å². The quantitative estimate of drug-likeness (QED) is 0.466. The second-order valence-corrected chi connectivity index (χ2v) is 5.33. The molecule has 0 saturated carbocycles.